The summed E-state index contributed by atoms with van der Waals surface area (Å²) in [6, 6.07) is 11.0. The van der Waals surface area contributed by atoms with Crippen molar-refractivity contribution >= 4 is 22.4 Å². The fourth-order valence-electron chi connectivity index (χ4n) is 2.87. The van der Waals surface area contributed by atoms with Gasteiger partial charge in [-0.2, -0.15) is 5.10 Å². The van der Waals surface area contributed by atoms with Crippen LogP contribution in [0.2, 0.25) is 0 Å². The van der Waals surface area contributed by atoms with E-state index in [1.54, 1.807) is 18.3 Å². The predicted molar refractivity (Wildman–Crippen MR) is 83.0 cm³/mol. The summed E-state index contributed by atoms with van der Waals surface area (Å²) in [6.07, 6.45) is 3.17. The van der Waals surface area contributed by atoms with Gasteiger partial charge >= 0.3 is 0 Å². The van der Waals surface area contributed by atoms with Gasteiger partial charge in [-0.15, -0.1) is 0 Å². The molecule has 6 heteroatoms. The maximum absolute atomic E-state index is 12.5. The van der Waals surface area contributed by atoms with Crippen molar-refractivity contribution in [1.29, 1.82) is 0 Å². The van der Waals surface area contributed by atoms with Gasteiger partial charge in [0.2, 0.25) is 0 Å². The molecule has 22 heavy (non-hydrogen) atoms. The maximum atomic E-state index is 12.5. The zero-order valence-electron chi connectivity index (χ0n) is 11.7. The maximum Gasteiger partial charge on any atom is 0.275 e. The van der Waals surface area contributed by atoms with Crippen molar-refractivity contribution in [2.45, 2.75) is 4.90 Å². The van der Waals surface area contributed by atoms with Gasteiger partial charge in [-0.25, -0.2) is 5.01 Å². The van der Waals surface area contributed by atoms with Gasteiger partial charge < -0.3 is 0 Å². The summed E-state index contributed by atoms with van der Waals surface area (Å²) in [6.45, 7) is 0.475. The molecule has 0 aliphatic carbocycles. The Labute approximate surface area is 130 Å². The van der Waals surface area contributed by atoms with Gasteiger partial charge in [0.05, 0.1) is 28.6 Å². The molecule has 0 spiro atoms. The highest BCUT2D eigenvalue weighted by molar-refractivity contribution is 7.85. The van der Waals surface area contributed by atoms with E-state index in [0.717, 1.165) is 16.2 Å². The summed E-state index contributed by atoms with van der Waals surface area (Å²) in [7, 11) is -1.03. The molecule has 2 atom stereocenters. The zero-order valence-corrected chi connectivity index (χ0v) is 12.5. The Hall–Kier alpha value is -2.34. The van der Waals surface area contributed by atoms with Gasteiger partial charge in [-0.05, 0) is 18.2 Å². The lowest BCUT2D eigenvalue weighted by atomic mass is 9.98. The van der Waals surface area contributed by atoms with Crippen molar-refractivity contribution in [2.75, 3.05) is 12.3 Å². The molecule has 0 fully saturated rings. The molecule has 0 bridgehead atoms. The second kappa shape index (κ2) is 5.14. The first kappa shape index (κ1) is 13.3. The number of rotatable bonds is 1. The first-order chi connectivity index (χ1) is 10.7. The topological polar surface area (TPSA) is 62.6 Å². The molecule has 0 saturated heterocycles. The fraction of sp³-hybridized carbons (Fsp3) is 0.188. The van der Waals surface area contributed by atoms with E-state index in [0.29, 0.717) is 17.9 Å². The molecule has 2 aliphatic heterocycles. The number of amides is 1. The predicted octanol–water partition coefficient (Wildman–Crippen LogP) is 1.68. The summed E-state index contributed by atoms with van der Waals surface area (Å²) in [4.78, 5) is 17.3. The largest absolute Gasteiger partial charge is 0.275 e. The minimum absolute atomic E-state index is 0.0383. The number of hydrogen-bond acceptors (Lipinski definition) is 4. The van der Waals surface area contributed by atoms with E-state index >= 15 is 0 Å². The third kappa shape index (κ3) is 2.07. The number of hydrazone groups is 1. The zero-order chi connectivity index (χ0) is 15.1. The first-order valence-corrected chi connectivity index (χ1v) is 8.34. The van der Waals surface area contributed by atoms with Crippen LogP contribution in [0.5, 0.6) is 0 Å². The van der Waals surface area contributed by atoms with Crippen LogP contribution >= 0.6 is 0 Å². The Balaban J connectivity index is 1.71. The molecule has 0 N–H and O–H groups in total. The van der Waals surface area contributed by atoms with Gasteiger partial charge in [-0.1, -0.05) is 18.2 Å². The molecular weight excluding hydrogens is 298 g/mol. The lowest BCUT2D eigenvalue weighted by molar-refractivity contribution is 0.0769. The van der Waals surface area contributed by atoms with Crippen molar-refractivity contribution in [3.05, 3.63) is 59.9 Å². The summed E-state index contributed by atoms with van der Waals surface area (Å²) in [5.74, 6) is 0.391. The highest BCUT2D eigenvalue weighted by atomic mass is 32.2. The van der Waals surface area contributed by atoms with Crippen molar-refractivity contribution in [2.24, 2.45) is 11.0 Å². The highest BCUT2D eigenvalue weighted by Crippen LogP contribution is 2.31. The molecule has 1 aromatic carbocycles. The summed E-state index contributed by atoms with van der Waals surface area (Å²) in [5, 5.41) is 5.97. The van der Waals surface area contributed by atoms with E-state index < -0.39 is 10.8 Å². The number of benzene rings is 1. The molecule has 4 rings (SSSR count). The lowest BCUT2D eigenvalue weighted by Gasteiger charge is -2.20. The Kier molecular flexibility index (Phi) is 3.11. The van der Waals surface area contributed by atoms with Crippen LogP contribution in [0.15, 0.2) is 58.8 Å². The van der Waals surface area contributed by atoms with E-state index in [9.17, 15) is 9.00 Å². The molecule has 1 amide bonds. The molecule has 2 aliphatic rings. The van der Waals surface area contributed by atoms with Crippen LogP contribution in [0.1, 0.15) is 15.9 Å². The van der Waals surface area contributed by atoms with Crippen LogP contribution in [0.25, 0.3) is 0 Å². The Bertz CT molecular complexity index is 804. The average Bonchev–Trinajstić information content (AvgIpc) is 2.99. The minimum Gasteiger partial charge on any atom is -0.267 e. The number of carbonyl (C=O) groups is 1. The second-order valence-electron chi connectivity index (χ2n) is 5.32. The standard InChI is InChI=1S/C16H13N3O2S/c20-16(11-4-3-7-17-8-11)19-9-12-10-22(21)14-6-2-1-5-13(14)15(12)18-19/h1-8,12H,9-10H2. The number of carbonyl (C=O) groups excluding carboxylic acids is 1. The molecular formula is C16H13N3O2S. The molecule has 0 saturated carbocycles. The third-order valence-electron chi connectivity index (χ3n) is 3.91. The van der Waals surface area contributed by atoms with E-state index in [1.165, 1.54) is 11.2 Å². The minimum atomic E-state index is -1.03. The molecule has 3 heterocycles. The monoisotopic (exact) mass is 311 g/mol. The van der Waals surface area contributed by atoms with Crippen molar-refractivity contribution in [1.82, 2.24) is 9.99 Å². The number of hydrogen-bond donors (Lipinski definition) is 0. The van der Waals surface area contributed by atoms with Crippen molar-refractivity contribution < 1.29 is 9.00 Å². The molecule has 2 unspecified atom stereocenters. The number of fused-ring (bicyclic) bond motifs is 3. The molecule has 1 aromatic heterocycles. The van der Waals surface area contributed by atoms with Crippen LogP contribution in [-0.4, -0.2) is 38.1 Å². The van der Waals surface area contributed by atoms with E-state index in [-0.39, 0.29) is 11.8 Å². The van der Waals surface area contributed by atoms with Crippen LogP contribution in [0.3, 0.4) is 0 Å². The van der Waals surface area contributed by atoms with Gasteiger partial charge in [0, 0.05) is 34.5 Å². The summed E-state index contributed by atoms with van der Waals surface area (Å²) < 4.78 is 12.3. The molecule has 2 aromatic rings. The quantitative estimate of drug-likeness (QED) is 0.805. The Morgan fingerprint density at radius 2 is 2.09 bits per heavy atom. The van der Waals surface area contributed by atoms with Gasteiger partial charge in [-0.3, -0.25) is 14.0 Å². The van der Waals surface area contributed by atoms with Gasteiger partial charge in [0.25, 0.3) is 5.91 Å². The number of pyridine rings is 1. The molecule has 5 nitrogen and oxygen atoms in total. The van der Waals surface area contributed by atoms with Crippen LogP contribution in [0, 0.1) is 5.92 Å². The number of aromatic nitrogens is 1. The van der Waals surface area contributed by atoms with Gasteiger partial charge in [0.15, 0.2) is 0 Å². The third-order valence-corrected chi connectivity index (χ3v) is 5.46. The normalized spacial score (nSPS) is 22.7. The number of nitrogens with zero attached hydrogens (tertiary/aromatic N) is 3. The van der Waals surface area contributed by atoms with E-state index in [1.807, 2.05) is 24.3 Å². The Morgan fingerprint density at radius 3 is 2.91 bits per heavy atom. The molecule has 110 valence electrons. The van der Waals surface area contributed by atoms with E-state index in [4.69, 9.17) is 0 Å². The smallest absolute Gasteiger partial charge is 0.267 e. The lowest BCUT2D eigenvalue weighted by Crippen LogP contribution is -2.31. The average molecular weight is 311 g/mol. The van der Waals surface area contributed by atoms with Crippen LogP contribution in [-0.2, 0) is 10.8 Å². The van der Waals surface area contributed by atoms with Crippen LogP contribution < -0.4 is 0 Å². The second-order valence-corrected chi connectivity index (χ2v) is 6.78. The van der Waals surface area contributed by atoms with Crippen molar-refractivity contribution in [3.8, 4) is 0 Å². The SMILES string of the molecule is O=C(c1cccnc1)N1CC2CS(=O)c3ccccc3C2=N1. The van der Waals surface area contributed by atoms with Crippen LogP contribution in [0.4, 0.5) is 0 Å². The Morgan fingerprint density at radius 1 is 1.23 bits per heavy atom. The summed E-state index contributed by atoms with van der Waals surface area (Å²) >= 11 is 0. The van der Waals surface area contributed by atoms with Gasteiger partial charge in [0.1, 0.15) is 0 Å². The fourth-order valence-corrected chi connectivity index (χ4v) is 4.33. The summed E-state index contributed by atoms with van der Waals surface area (Å²) in [5.41, 5.74) is 2.28. The first-order valence-electron chi connectivity index (χ1n) is 7.02. The highest BCUT2D eigenvalue weighted by Gasteiger charge is 2.37. The van der Waals surface area contributed by atoms with E-state index in [2.05, 4.69) is 10.1 Å². The molecule has 0 radical (unpaired) electrons. The van der Waals surface area contributed by atoms with Crippen molar-refractivity contribution in [3.63, 3.8) is 0 Å².